The van der Waals surface area contributed by atoms with Crippen LogP contribution in [0, 0.1) is 0 Å². The van der Waals surface area contributed by atoms with Crippen molar-refractivity contribution in [1.82, 2.24) is 10.3 Å². The molecule has 1 aliphatic heterocycles. The molecule has 0 aliphatic carbocycles. The fourth-order valence-electron chi connectivity index (χ4n) is 1.78. The normalized spacial score (nSPS) is 21.2. The van der Waals surface area contributed by atoms with Crippen LogP contribution in [0.25, 0.3) is 0 Å². The van der Waals surface area contributed by atoms with E-state index in [0.29, 0.717) is 12.1 Å². The summed E-state index contributed by atoms with van der Waals surface area (Å²) in [6.45, 7) is 3.19. The number of hydrogen-bond acceptors (Lipinski definition) is 2. The van der Waals surface area contributed by atoms with Crippen molar-refractivity contribution in [3.63, 3.8) is 0 Å². The van der Waals surface area contributed by atoms with E-state index in [2.05, 4.69) is 10.3 Å². The van der Waals surface area contributed by atoms with Gasteiger partial charge in [-0.05, 0) is 11.6 Å². The number of halogens is 3. The van der Waals surface area contributed by atoms with Crippen molar-refractivity contribution in [3.8, 4) is 0 Å². The third-order valence-corrected chi connectivity index (χ3v) is 2.56. The summed E-state index contributed by atoms with van der Waals surface area (Å²) in [7, 11) is 0. The van der Waals surface area contributed by atoms with E-state index in [-0.39, 0.29) is 5.92 Å². The van der Waals surface area contributed by atoms with Gasteiger partial charge in [-0.3, -0.25) is 4.98 Å². The van der Waals surface area contributed by atoms with Crippen molar-refractivity contribution in [2.45, 2.75) is 25.6 Å². The predicted molar refractivity (Wildman–Crippen MR) is 49.4 cm³/mol. The van der Waals surface area contributed by atoms with E-state index < -0.39 is 11.7 Å². The van der Waals surface area contributed by atoms with Crippen LogP contribution in [0.2, 0.25) is 0 Å². The molecule has 0 spiro atoms. The highest BCUT2D eigenvalue weighted by Crippen LogP contribution is 2.31. The van der Waals surface area contributed by atoms with Gasteiger partial charge in [-0.1, -0.05) is 6.92 Å². The number of rotatable bonds is 0. The topological polar surface area (TPSA) is 24.9 Å². The quantitative estimate of drug-likeness (QED) is 0.719. The minimum absolute atomic E-state index is 0.177. The number of alkyl halides is 3. The minimum atomic E-state index is -4.30. The number of nitrogens with zero attached hydrogens (tertiary/aromatic N) is 1. The minimum Gasteiger partial charge on any atom is -0.312 e. The van der Waals surface area contributed by atoms with Gasteiger partial charge >= 0.3 is 6.18 Å². The van der Waals surface area contributed by atoms with Gasteiger partial charge in [-0.15, -0.1) is 0 Å². The molecule has 15 heavy (non-hydrogen) atoms. The SMILES string of the molecule is CC1CNCc2cc(C(F)(F)F)cnc21. The van der Waals surface area contributed by atoms with Crippen LogP contribution in [0.5, 0.6) is 0 Å². The molecule has 1 aromatic rings. The first-order valence-electron chi connectivity index (χ1n) is 4.75. The van der Waals surface area contributed by atoms with E-state index in [1.165, 1.54) is 6.07 Å². The van der Waals surface area contributed by atoms with Crippen LogP contribution in [0.15, 0.2) is 12.3 Å². The Labute approximate surface area is 85.5 Å². The lowest BCUT2D eigenvalue weighted by Gasteiger charge is -2.23. The molecule has 1 N–H and O–H groups in total. The molecule has 2 nitrogen and oxygen atoms in total. The summed E-state index contributed by atoms with van der Waals surface area (Å²) in [5.74, 6) is 0.177. The fourth-order valence-corrected chi connectivity index (χ4v) is 1.78. The maximum absolute atomic E-state index is 12.4. The molecule has 0 radical (unpaired) electrons. The van der Waals surface area contributed by atoms with E-state index in [1.807, 2.05) is 6.92 Å². The fraction of sp³-hybridized carbons (Fsp3) is 0.500. The first kappa shape index (κ1) is 10.4. The lowest BCUT2D eigenvalue weighted by atomic mass is 9.97. The van der Waals surface area contributed by atoms with Crippen molar-refractivity contribution < 1.29 is 13.2 Å². The van der Waals surface area contributed by atoms with Crippen molar-refractivity contribution in [2.75, 3.05) is 6.54 Å². The molecule has 0 amide bonds. The van der Waals surface area contributed by atoms with Gasteiger partial charge in [0.15, 0.2) is 0 Å². The van der Waals surface area contributed by atoms with Crippen LogP contribution >= 0.6 is 0 Å². The van der Waals surface area contributed by atoms with Crippen molar-refractivity contribution >= 4 is 0 Å². The zero-order valence-corrected chi connectivity index (χ0v) is 8.23. The Kier molecular flexibility index (Phi) is 2.42. The van der Waals surface area contributed by atoms with E-state index >= 15 is 0 Å². The highest BCUT2D eigenvalue weighted by molar-refractivity contribution is 5.30. The molecule has 2 heterocycles. The summed E-state index contributed by atoms with van der Waals surface area (Å²) in [4.78, 5) is 3.91. The summed E-state index contributed by atoms with van der Waals surface area (Å²) < 4.78 is 37.2. The molecule has 1 unspecified atom stereocenters. The predicted octanol–water partition coefficient (Wildman–Crippen LogP) is 2.31. The Hall–Kier alpha value is -1.10. The summed E-state index contributed by atoms with van der Waals surface area (Å²) in [5, 5.41) is 3.06. The van der Waals surface area contributed by atoms with Gasteiger partial charge in [0.05, 0.1) is 5.56 Å². The largest absolute Gasteiger partial charge is 0.417 e. The molecule has 2 rings (SSSR count). The maximum atomic E-state index is 12.4. The number of hydrogen-bond donors (Lipinski definition) is 1. The molecular formula is C10H11F3N2. The van der Waals surface area contributed by atoms with Crippen LogP contribution in [0.1, 0.15) is 29.7 Å². The second-order valence-corrected chi connectivity index (χ2v) is 3.80. The molecular weight excluding hydrogens is 205 g/mol. The standard InChI is InChI=1S/C10H11F3N2/c1-6-3-14-4-7-2-8(10(11,12)13)5-15-9(6)7/h2,5-6,14H,3-4H2,1H3. The van der Waals surface area contributed by atoms with E-state index in [1.54, 1.807) is 0 Å². The maximum Gasteiger partial charge on any atom is 0.417 e. The van der Waals surface area contributed by atoms with Crippen LogP contribution in [0.3, 0.4) is 0 Å². The molecule has 1 aromatic heterocycles. The third-order valence-electron chi connectivity index (χ3n) is 2.56. The summed E-state index contributed by atoms with van der Waals surface area (Å²) >= 11 is 0. The van der Waals surface area contributed by atoms with Crippen LogP contribution in [0.4, 0.5) is 13.2 Å². The number of pyridine rings is 1. The van der Waals surface area contributed by atoms with Gasteiger partial charge in [0.25, 0.3) is 0 Å². The Morgan fingerprint density at radius 1 is 1.47 bits per heavy atom. The van der Waals surface area contributed by atoms with E-state index in [4.69, 9.17) is 0 Å². The van der Waals surface area contributed by atoms with Crippen molar-refractivity contribution in [2.24, 2.45) is 0 Å². The average molecular weight is 216 g/mol. The highest BCUT2D eigenvalue weighted by atomic mass is 19.4. The van der Waals surface area contributed by atoms with Gasteiger partial charge in [-0.2, -0.15) is 13.2 Å². The zero-order valence-electron chi connectivity index (χ0n) is 8.23. The third kappa shape index (κ3) is 1.97. The first-order chi connectivity index (χ1) is 6.98. The molecule has 0 fully saturated rings. The number of aromatic nitrogens is 1. The molecule has 5 heteroatoms. The summed E-state index contributed by atoms with van der Waals surface area (Å²) in [5.41, 5.74) is 0.766. The van der Waals surface area contributed by atoms with Gasteiger partial charge in [-0.25, -0.2) is 0 Å². The number of nitrogens with one attached hydrogen (secondary N) is 1. The molecule has 0 bridgehead atoms. The molecule has 1 atom stereocenters. The Morgan fingerprint density at radius 2 is 2.20 bits per heavy atom. The summed E-state index contributed by atoms with van der Waals surface area (Å²) in [6, 6.07) is 1.19. The first-order valence-corrected chi connectivity index (χ1v) is 4.75. The van der Waals surface area contributed by atoms with Gasteiger partial charge in [0.2, 0.25) is 0 Å². The Balaban J connectivity index is 2.42. The summed E-state index contributed by atoms with van der Waals surface area (Å²) in [6.07, 6.45) is -3.39. The molecule has 82 valence electrons. The molecule has 0 saturated carbocycles. The van der Waals surface area contributed by atoms with Crippen molar-refractivity contribution in [1.29, 1.82) is 0 Å². The van der Waals surface area contributed by atoms with Crippen LogP contribution in [-0.2, 0) is 12.7 Å². The van der Waals surface area contributed by atoms with E-state index in [0.717, 1.165) is 18.4 Å². The van der Waals surface area contributed by atoms with Crippen LogP contribution in [-0.4, -0.2) is 11.5 Å². The Bertz CT molecular complexity index is 373. The number of fused-ring (bicyclic) bond motifs is 1. The van der Waals surface area contributed by atoms with Gasteiger partial charge in [0, 0.05) is 30.9 Å². The lowest BCUT2D eigenvalue weighted by Crippen LogP contribution is -2.28. The second kappa shape index (κ2) is 3.48. The lowest BCUT2D eigenvalue weighted by molar-refractivity contribution is -0.137. The van der Waals surface area contributed by atoms with E-state index in [9.17, 15) is 13.2 Å². The van der Waals surface area contributed by atoms with Gasteiger partial charge < -0.3 is 5.32 Å². The molecule has 0 saturated heterocycles. The van der Waals surface area contributed by atoms with Crippen LogP contribution < -0.4 is 5.32 Å². The average Bonchev–Trinajstić information content (AvgIpc) is 2.16. The smallest absolute Gasteiger partial charge is 0.312 e. The van der Waals surface area contributed by atoms with Crippen molar-refractivity contribution in [3.05, 3.63) is 29.1 Å². The zero-order chi connectivity index (χ0) is 11.1. The second-order valence-electron chi connectivity index (χ2n) is 3.80. The van der Waals surface area contributed by atoms with Gasteiger partial charge in [0.1, 0.15) is 0 Å². The Morgan fingerprint density at radius 3 is 2.87 bits per heavy atom. The monoisotopic (exact) mass is 216 g/mol. The molecule has 0 aromatic carbocycles. The highest BCUT2D eigenvalue weighted by Gasteiger charge is 2.32. The molecule has 1 aliphatic rings.